The minimum absolute atomic E-state index is 0.104. The molecule has 0 unspecified atom stereocenters. The largest absolute Gasteiger partial charge is 0.326 e. The number of rotatable bonds is 7. The quantitative estimate of drug-likeness (QED) is 0.466. The zero-order valence-electron chi connectivity index (χ0n) is 16.5. The summed E-state index contributed by atoms with van der Waals surface area (Å²) in [5.74, 6) is -0.328. The van der Waals surface area contributed by atoms with E-state index in [1.807, 2.05) is 36.4 Å². The van der Waals surface area contributed by atoms with Gasteiger partial charge in [0.1, 0.15) is 0 Å². The zero-order chi connectivity index (χ0) is 20.6. The highest BCUT2D eigenvalue weighted by molar-refractivity contribution is 9.10. The first kappa shape index (κ1) is 21.8. The fraction of sp³-hybridized carbons (Fsp3) is 0.318. The van der Waals surface area contributed by atoms with Crippen LogP contribution in [0, 0.1) is 0 Å². The van der Waals surface area contributed by atoms with Crippen LogP contribution in [0.3, 0.4) is 0 Å². The van der Waals surface area contributed by atoms with E-state index >= 15 is 0 Å². The number of anilines is 1. The van der Waals surface area contributed by atoms with E-state index in [1.165, 1.54) is 5.56 Å². The second-order valence-electron chi connectivity index (χ2n) is 7.58. The van der Waals surface area contributed by atoms with Crippen LogP contribution in [0.2, 0.25) is 0 Å². The number of hydrogen-bond acceptors (Lipinski definition) is 3. The fourth-order valence-corrected chi connectivity index (χ4v) is 2.90. The van der Waals surface area contributed by atoms with Crippen LogP contribution in [0.5, 0.6) is 0 Å². The average Bonchev–Trinajstić information content (AvgIpc) is 2.61. The van der Waals surface area contributed by atoms with Crippen LogP contribution in [0.1, 0.15) is 51.2 Å². The lowest BCUT2D eigenvalue weighted by Gasteiger charge is -2.18. The van der Waals surface area contributed by atoms with E-state index in [0.29, 0.717) is 6.42 Å². The average molecular weight is 444 g/mol. The number of carbonyl (C=O) groups excluding carboxylic acids is 2. The lowest BCUT2D eigenvalue weighted by Crippen LogP contribution is -2.18. The van der Waals surface area contributed by atoms with Crippen LogP contribution >= 0.6 is 15.9 Å². The van der Waals surface area contributed by atoms with Crippen LogP contribution < -0.4 is 10.7 Å². The molecule has 0 heterocycles. The summed E-state index contributed by atoms with van der Waals surface area (Å²) in [6.45, 7) is 6.49. The maximum atomic E-state index is 11.9. The molecule has 5 nitrogen and oxygen atoms in total. The highest BCUT2D eigenvalue weighted by Crippen LogP contribution is 2.21. The lowest BCUT2D eigenvalue weighted by atomic mass is 9.87. The molecule has 2 rings (SSSR count). The van der Waals surface area contributed by atoms with Crippen molar-refractivity contribution in [1.29, 1.82) is 0 Å². The van der Waals surface area contributed by atoms with Gasteiger partial charge in [-0.25, -0.2) is 5.43 Å². The molecule has 0 fully saturated rings. The molecule has 28 heavy (non-hydrogen) atoms. The third kappa shape index (κ3) is 7.64. The summed E-state index contributed by atoms with van der Waals surface area (Å²) in [7, 11) is 0. The highest BCUT2D eigenvalue weighted by Gasteiger charge is 2.12. The Hall–Kier alpha value is -2.47. The van der Waals surface area contributed by atoms with Gasteiger partial charge >= 0.3 is 0 Å². The van der Waals surface area contributed by atoms with E-state index in [9.17, 15) is 9.59 Å². The second-order valence-corrected chi connectivity index (χ2v) is 8.49. The standard InChI is InChI=1S/C22H26BrN3O2/c1-22(2,3)17-12-10-16(11-13-17)15-24-26-21(28)9-5-8-20(27)25-19-7-4-6-18(23)14-19/h4,6-7,10-15H,5,8-9H2,1-3H3,(H,25,27)(H,26,28)/b24-15-. The van der Waals surface area contributed by atoms with Gasteiger partial charge in [0.05, 0.1) is 6.21 Å². The van der Waals surface area contributed by atoms with Gasteiger partial charge in [0.15, 0.2) is 0 Å². The topological polar surface area (TPSA) is 70.6 Å². The highest BCUT2D eigenvalue weighted by atomic mass is 79.9. The van der Waals surface area contributed by atoms with Crippen molar-refractivity contribution in [3.63, 3.8) is 0 Å². The Balaban J connectivity index is 1.69. The summed E-state index contributed by atoms with van der Waals surface area (Å²) in [5, 5.41) is 6.78. The number of amides is 2. The number of halogens is 1. The number of nitrogens with one attached hydrogen (secondary N) is 2. The summed E-state index contributed by atoms with van der Waals surface area (Å²) in [5.41, 5.74) is 5.49. The van der Waals surface area contributed by atoms with Gasteiger partial charge in [0, 0.05) is 23.0 Å². The number of nitrogens with zero attached hydrogens (tertiary/aromatic N) is 1. The Morgan fingerprint density at radius 1 is 1.04 bits per heavy atom. The van der Waals surface area contributed by atoms with Crippen molar-refractivity contribution in [2.24, 2.45) is 5.10 Å². The number of benzene rings is 2. The minimum atomic E-state index is -0.210. The van der Waals surface area contributed by atoms with Crippen molar-refractivity contribution in [3.05, 3.63) is 64.1 Å². The summed E-state index contributed by atoms with van der Waals surface area (Å²) in [6, 6.07) is 15.5. The number of hydrazone groups is 1. The Bertz CT molecular complexity index is 840. The molecule has 0 spiro atoms. The second kappa shape index (κ2) is 10.2. The Morgan fingerprint density at radius 3 is 2.36 bits per heavy atom. The van der Waals surface area contributed by atoms with Crippen LogP contribution in [0.4, 0.5) is 5.69 Å². The first-order chi connectivity index (χ1) is 13.2. The maximum Gasteiger partial charge on any atom is 0.240 e. The Morgan fingerprint density at radius 2 is 1.71 bits per heavy atom. The van der Waals surface area contributed by atoms with Crippen LogP contribution in [0.25, 0.3) is 0 Å². The van der Waals surface area contributed by atoms with Gasteiger partial charge in [-0.3, -0.25) is 9.59 Å². The summed E-state index contributed by atoms with van der Waals surface area (Å²) < 4.78 is 0.899. The van der Waals surface area contributed by atoms with Gasteiger partial charge in [-0.15, -0.1) is 0 Å². The molecular weight excluding hydrogens is 418 g/mol. The lowest BCUT2D eigenvalue weighted by molar-refractivity contribution is -0.121. The first-order valence-electron chi connectivity index (χ1n) is 9.22. The van der Waals surface area contributed by atoms with Gasteiger partial charge in [0.25, 0.3) is 0 Å². The van der Waals surface area contributed by atoms with E-state index in [-0.39, 0.29) is 30.1 Å². The monoisotopic (exact) mass is 443 g/mol. The minimum Gasteiger partial charge on any atom is -0.326 e. The van der Waals surface area contributed by atoms with Crippen molar-refractivity contribution in [1.82, 2.24) is 5.43 Å². The molecule has 0 aliphatic rings. The van der Waals surface area contributed by atoms with Gasteiger partial charge in [-0.1, -0.05) is 67.0 Å². The van der Waals surface area contributed by atoms with E-state index in [1.54, 1.807) is 6.21 Å². The Kier molecular flexibility index (Phi) is 7.93. The third-order valence-electron chi connectivity index (χ3n) is 4.10. The van der Waals surface area contributed by atoms with Crippen molar-refractivity contribution < 1.29 is 9.59 Å². The molecule has 0 bridgehead atoms. The van der Waals surface area contributed by atoms with Gasteiger partial charge in [-0.05, 0) is 41.2 Å². The molecule has 0 aromatic heterocycles. The predicted octanol–water partition coefficient (Wildman–Crippen LogP) is 5.01. The van der Waals surface area contributed by atoms with Crippen LogP contribution in [-0.4, -0.2) is 18.0 Å². The summed E-state index contributed by atoms with van der Waals surface area (Å²) in [4.78, 5) is 23.8. The Labute approximate surface area is 174 Å². The molecule has 2 aromatic carbocycles. The SMILES string of the molecule is CC(C)(C)c1ccc(/C=N\NC(=O)CCCC(=O)Nc2cccc(Br)c2)cc1. The molecule has 2 amide bonds. The summed E-state index contributed by atoms with van der Waals surface area (Å²) in [6.07, 6.45) is 2.59. The first-order valence-corrected chi connectivity index (χ1v) is 10.0. The smallest absolute Gasteiger partial charge is 0.240 e. The van der Waals surface area contributed by atoms with Crippen molar-refractivity contribution in [2.75, 3.05) is 5.32 Å². The van der Waals surface area contributed by atoms with Crippen LogP contribution in [0.15, 0.2) is 58.1 Å². The number of carbonyl (C=O) groups is 2. The van der Waals surface area contributed by atoms with Gasteiger partial charge in [-0.2, -0.15) is 5.10 Å². The molecule has 0 saturated heterocycles. The molecular formula is C22H26BrN3O2. The van der Waals surface area contributed by atoms with E-state index < -0.39 is 0 Å². The molecule has 0 saturated carbocycles. The molecule has 2 N–H and O–H groups in total. The maximum absolute atomic E-state index is 11.9. The molecule has 6 heteroatoms. The van der Waals surface area contributed by atoms with Gasteiger partial charge < -0.3 is 5.32 Å². The van der Waals surface area contributed by atoms with Gasteiger partial charge in [0.2, 0.25) is 11.8 Å². The molecule has 0 radical (unpaired) electrons. The van der Waals surface area contributed by atoms with Crippen LogP contribution in [-0.2, 0) is 15.0 Å². The third-order valence-corrected chi connectivity index (χ3v) is 4.59. The van der Waals surface area contributed by atoms with Crippen molar-refractivity contribution in [3.8, 4) is 0 Å². The zero-order valence-corrected chi connectivity index (χ0v) is 18.0. The normalized spacial score (nSPS) is 11.4. The molecule has 2 aromatic rings. The van der Waals surface area contributed by atoms with E-state index in [4.69, 9.17) is 0 Å². The summed E-state index contributed by atoms with van der Waals surface area (Å²) >= 11 is 3.36. The van der Waals surface area contributed by atoms with Crippen molar-refractivity contribution in [2.45, 2.75) is 45.4 Å². The molecule has 148 valence electrons. The van der Waals surface area contributed by atoms with E-state index in [0.717, 1.165) is 15.7 Å². The number of hydrogen-bond donors (Lipinski definition) is 2. The fourth-order valence-electron chi connectivity index (χ4n) is 2.50. The molecule has 0 atom stereocenters. The van der Waals surface area contributed by atoms with E-state index in [2.05, 4.69) is 64.7 Å². The van der Waals surface area contributed by atoms with Crippen molar-refractivity contribution >= 4 is 39.6 Å². The predicted molar refractivity (Wildman–Crippen MR) is 118 cm³/mol. The molecule has 0 aliphatic carbocycles. The molecule has 0 aliphatic heterocycles.